The molecule has 1 amide bonds. The molecule has 3 aromatic rings. The van der Waals surface area contributed by atoms with E-state index in [1.165, 1.54) is 6.92 Å². The molecule has 3 rings (SSSR count). The number of hydrogen-bond acceptors (Lipinski definition) is 3. The SMILES string of the molecule is CC(=O)NCc1ccc(-c2cccc3cccnc23)nc1. The van der Waals surface area contributed by atoms with Gasteiger partial charge in [-0.15, -0.1) is 0 Å². The standard InChI is InChI=1S/C17H15N3O/c1-12(21)19-10-13-7-8-16(20-11-13)15-6-2-4-14-5-3-9-18-17(14)15/h2-9,11H,10H2,1H3,(H,19,21). The molecule has 0 spiro atoms. The Labute approximate surface area is 122 Å². The number of benzene rings is 1. The second-order valence-electron chi connectivity index (χ2n) is 4.84. The molecule has 0 aliphatic heterocycles. The van der Waals surface area contributed by atoms with E-state index < -0.39 is 0 Å². The molecule has 0 unspecified atom stereocenters. The third kappa shape index (κ3) is 2.89. The van der Waals surface area contributed by atoms with E-state index in [0.29, 0.717) is 6.54 Å². The van der Waals surface area contributed by atoms with E-state index in [2.05, 4.69) is 15.3 Å². The normalized spacial score (nSPS) is 10.5. The van der Waals surface area contributed by atoms with Crippen LogP contribution in [0.4, 0.5) is 0 Å². The van der Waals surface area contributed by atoms with Crippen LogP contribution in [-0.2, 0) is 11.3 Å². The maximum atomic E-state index is 10.9. The van der Waals surface area contributed by atoms with E-state index in [1.807, 2.05) is 42.5 Å². The zero-order chi connectivity index (χ0) is 14.7. The van der Waals surface area contributed by atoms with Crippen molar-refractivity contribution in [3.8, 4) is 11.3 Å². The summed E-state index contributed by atoms with van der Waals surface area (Å²) in [6.07, 6.45) is 3.57. The van der Waals surface area contributed by atoms with Crippen LogP contribution in [0.1, 0.15) is 12.5 Å². The van der Waals surface area contributed by atoms with Crippen molar-refractivity contribution in [3.63, 3.8) is 0 Å². The fourth-order valence-corrected chi connectivity index (χ4v) is 2.23. The van der Waals surface area contributed by atoms with Gasteiger partial charge in [0.15, 0.2) is 0 Å². The quantitative estimate of drug-likeness (QED) is 0.800. The summed E-state index contributed by atoms with van der Waals surface area (Å²) in [5, 5.41) is 3.86. The number of amides is 1. The number of nitrogens with zero attached hydrogens (tertiary/aromatic N) is 2. The van der Waals surface area contributed by atoms with Crippen LogP contribution < -0.4 is 5.32 Å². The van der Waals surface area contributed by atoms with Crippen LogP contribution in [0.3, 0.4) is 0 Å². The molecule has 0 aliphatic carbocycles. The molecular formula is C17H15N3O. The molecule has 0 bridgehead atoms. The molecule has 4 nitrogen and oxygen atoms in total. The van der Waals surface area contributed by atoms with Crippen LogP contribution in [0, 0.1) is 0 Å². The fourth-order valence-electron chi connectivity index (χ4n) is 2.23. The molecule has 0 radical (unpaired) electrons. The maximum absolute atomic E-state index is 10.9. The van der Waals surface area contributed by atoms with Crippen LogP contribution in [-0.4, -0.2) is 15.9 Å². The summed E-state index contributed by atoms with van der Waals surface area (Å²) in [6.45, 7) is 2.00. The summed E-state index contributed by atoms with van der Waals surface area (Å²) in [5.74, 6) is -0.0441. The molecule has 21 heavy (non-hydrogen) atoms. The first-order valence-corrected chi connectivity index (χ1v) is 6.77. The molecule has 4 heteroatoms. The summed E-state index contributed by atoms with van der Waals surface area (Å²) in [5.41, 5.74) is 3.81. The van der Waals surface area contributed by atoms with Gasteiger partial charge in [0.25, 0.3) is 0 Å². The van der Waals surface area contributed by atoms with Crippen LogP contribution in [0.15, 0.2) is 54.9 Å². The molecule has 1 aromatic carbocycles. The third-order valence-electron chi connectivity index (χ3n) is 3.27. The lowest BCUT2D eigenvalue weighted by molar-refractivity contribution is -0.119. The van der Waals surface area contributed by atoms with Crippen molar-refractivity contribution < 1.29 is 4.79 Å². The van der Waals surface area contributed by atoms with Crippen molar-refractivity contribution in [2.45, 2.75) is 13.5 Å². The van der Waals surface area contributed by atoms with Crippen molar-refractivity contribution in [1.29, 1.82) is 0 Å². The summed E-state index contributed by atoms with van der Waals surface area (Å²) in [7, 11) is 0. The summed E-state index contributed by atoms with van der Waals surface area (Å²) >= 11 is 0. The summed E-state index contributed by atoms with van der Waals surface area (Å²) < 4.78 is 0. The Hall–Kier alpha value is -2.75. The molecule has 1 N–H and O–H groups in total. The molecule has 0 fully saturated rings. The molecule has 0 aliphatic rings. The molecule has 0 saturated heterocycles. The number of carbonyl (C=O) groups excluding carboxylic acids is 1. The van der Waals surface area contributed by atoms with Crippen molar-refractivity contribution in [2.24, 2.45) is 0 Å². The minimum atomic E-state index is -0.0441. The topological polar surface area (TPSA) is 54.9 Å². The van der Waals surface area contributed by atoms with Crippen molar-refractivity contribution in [1.82, 2.24) is 15.3 Å². The highest BCUT2D eigenvalue weighted by atomic mass is 16.1. The number of hydrogen-bond donors (Lipinski definition) is 1. The molecule has 104 valence electrons. The van der Waals surface area contributed by atoms with Gasteiger partial charge < -0.3 is 5.32 Å². The second-order valence-corrected chi connectivity index (χ2v) is 4.84. The zero-order valence-electron chi connectivity index (χ0n) is 11.7. The first-order chi connectivity index (χ1) is 10.2. The number of pyridine rings is 2. The lowest BCUT2D eigenvalue weighted by Crippen LogP contribution is -2.18. The van der Waals surface area contributed by atoms with Gasteiger partial charge in [0.2, 0.25) is 5.91 Å². The van der Waals surface area contributed by atoms with Gasteiger partial charge in [0, 0.05) is 36.8 Å². The second kappa shape index (κ2) is 5.71. The predicted octanol–water partition coefficient (Wildman–Crippen LogP) is 2.93. The Morgan fingerprint density at radius 1 is 1.10 bits per heavy atom. The first-order valence-electron chi connectivity index (χ1n) is 6.77. The van der Waals surface area contributed by atoms with E-state index in [1.54, 1.807) is 12.4 Å². The fraction of sp³-hybridized carbons (Fsp3) is 0.118. The van der Waals surface area contributed by atoms with Crippen LogP contribution >= 0.6 is 0 Å². The highest BCUT2D eigenvalue weighted by molar-refractivity contribution is 5.92. The van der Waals surface area contributed by atoms with Gasteiger partial charge in [-0.05, 0) is 17.7 Å². The first kappa shape index (κ1) is 13.2. The monoisotopic (exact) mass is 277 g/mol. The Morgan fingerprint density at radius 3 is 2.71 bits per heavy atom. The molecule has 2 aromatic heterocycles. The van der Waals surface area contributed by atoms with Crippen LogP contribution in [0.2, 0.25) is 0 Å². The minimum Gasteiger partial charge on any atom is -0.352 e. The number of aromatic nitrogens is 2. The van der Waals surface area contributed by atoms with Gasteiger partial charge in [-0.3, -0.25) is 14.8 Å². The van der Waals surface area contributed by atoms with Gasteiger partial charge in [0.05, 0.1) is 11.2 Å². The third-order valence-corrected chi connectivity index (χ3v) is 3.27. The molecule has 0 saturated carbocycles. The van der Waals surface area contributed by atoms with Crippen LogP contribution in [0.5, 0.6) is 0 Å². The van der Waals surface area contributed by atoms with Gasteiger partial charge >= 0.3 is 0 Å². The van der Waals surface area contributed by atoms with E-state index in [4.69, 9.17) is 0 Å². The Kier molecular flexibility index (Phi) is 3.60. The number of fused-ring (bicyclic) bond motifs is 1. The number of para-hydroxylation sites is 1. The van der Waals surface area contributed by atoms with Gasteiger partial charge in [-0.1, -0.05) is 30.3 Å². The van der Waals surface area contributed by atoms with Crippen molar-refractivity contribution in [2.75, 3.05) is 0 Å². The smallest absolute Gasteiger partial charge is 0.217 e. The van der Waals surface area contributed by atoms with E-state index in [-0.39, 0.29) is 5.91 Å². The van der Waals surface area contributed by atoms with E-state index in [0.717, 1.165) is 27.7 Å². The van der Waals surface area contributed by atoms with Crippen molar-refractivity contribution >= 4 is 16.8 Å². The Bertz CT molecular complexity index is 776. The molecule has 0 atom stereocenters. The number of rotatable bonds is 3. The lowest BCUT2D eigenvalue weighted by atomic mass is 10.1. The van der Waals surface area contributed by atoms with Gasteiger partial charge in [0.1, 0.15) is 0 Å². The van der Waals surface area contributed by atoms with Crippen LogP contribution in [0.25, 0.3) is 22.2 Å². The van der Waals surface area contributed by atoms with E-state index in [9.17, 15) is 4.79 Å². The summed E-state index contributed by atoms with van der Waals surface area (Å²) in [4.78, 5) is 19.8. The predicted molar refractivity (Wildman–Crippen MR) is 82.5 cm³/mol. The zero-order valence-corrected chi connectivity index (χ0v) is 11.7. The average Bonchev–Trinajstić information content (AvgIpc) is 2.53. The van der Waals surface area contributed by atoms with Gasteiger partial charge in [-0.2, -0.15) is 0 Å². The highest BCUT2D eigenvalue weighted by Crippen LogP contribution is 2.25. The van der Waals surface area contributed by atoms with Crippen molar-refractivity contribution in [3.05, 3.63) is 60.4 Å². The highest BCUT2D eigenvalue weighted by Gasteiger charge is 2.06. The molecular weight excluding hydrogens is 262 g/mol. The van der Waals surface area contributed by atoms with Gasteiger partial charge in [-0.25, -0.2) is 0 Å². The Balaban J connectivity index is 1.94. The molecule has 2 heterocycles. The minimum absolute atomic E-state index is 0.0441. The number of carbonyl (C=O) groups is 1. The van der Waals surface area contributed by atoms with E-state index >= 15 is 0 Å². The largest absolute Gasteiger partial charge is 0.352 e. The number of nitrogens with one attached hydrogen (secondary N) is 1. The summed E-state index contributed by atoms with van der Waals surface area (Å²) in [6, 6.07) is 14.0. The average molecular weight is 277 g/mol. The Morgan fingerprint density at radius 2 is 1.95 bits per heavy atom. The lowest BCUT2D eigenvalue weighted by Gasteiger charge is -2.06. The maximum Gasteiger partial charge on any atom is 0.217 e.